The maximum absolute atomic E-state index is 13.1. The van der Waals surface area contributed by atoms with Crippen molar-refractivity contribution in [2.45, 2.75) is 13.8 Å². The van der Waals surface area contributed by atoms with Crippen molar-refractivity contribution in [3.63, 3.8) is 0 Å². The van der Waals surface area contributed by atoms with Crippen LogP contribution in [0.2, 0.25) is 0 Å². The minimum atomic E-state index is -0.389. The molecule has 1 heterocycles. The van der Waals surface area contributed by atoms with Crippen molar-refractivity contribution in [1.82, 2.24) is 14.8 Å². The molecule has 0 aliphatic heterocycles. The lowest BCUT2D eigenvalue weighted by Crippen LogP contribution is -2.12. The van der Waals surface area contributed by atoms with Gasteiger partial charge in [0.25, 0.3) is 5.91 Å². The molecule has 3 aromatic carbocycles. The second-order valence-electron chi connectivity index (χ2n) is 7.50. The normalized spacial score (nSPS) is 10.8. The lowest BCUT2D eigenvalue weighted by atomic mass is 10.1. The summed E-state index contributed by atoms with van der Waals surface area (Å²) in [5.74, 6) is -0.0638. The first-order valence-corrected chi connectivity index (χ1v) is 11.0. The molecular weight excluding hydrogens is 435 g/mol. The molecule has 0 spiro atoms. The van der Waals surface area contributed by atoms with E-state index in [9.17, 15) is 9.18 Å². The highest BCUT2D eigenvalue weighted by atomic mass is 19.1. The number of carbonyl (C=O) groups is 1. The van der Waals surface area contributed by atoms with Crippen LogP contribution in [0, 0.1) is 12.7 Å². The van der Waals surface area contributed by atoms with Gasteiger partial charge in [0.2, 0.25) is 0 Å². The van der Waals surface area contributed by atoms with Gasteiger partial charge in [-0.05, 0) is 67.9 Å². The van der Waals surface area contributed by atoms with Crippen molar-refractivity contribution in [1.29, 1.82) is 0 Å². The monoisotopic (exact) mass is 460 g/mol. The number of carbonyl (C=O) groups excluding carboxylic acids is 1. The maximum atomic E-state index is 13.1. The number of rotatable bonds is 9. The summed E-state index contributed by atoms with van der Waals surface area (Å²) in [7, 11) is 0. The largest absolute Gasteiger partial charge is 0.460 e. The van der Waals surface area contributed by atoms with E-state index >= 15 is 0 Å². The molecule has 0 unspecified atom stereocenters. The molecule has 0 saturated heterocycles. The molecule has 8 heteroatoms. The Morgan fingerprint density at radius 1 is 1.00 bits per heavy atom. The lowest BCUT2D eigenvalue weighted by Gasteiger charge is -2.09. The number of nitrogens with zero attached hydrogens (tertiary/aromatic N) is 3. The molecule has 174 valence electrons. The summed E-state index contributed by atoms with van der Waals surface area (Å²) in [6.07, 6.45) is 0. The first-order chi connectivity index (χ1) is 16.5. The molecule has 1 amide bonds. The van der Waals surface area contributed by atoms with Crippen LogP contribution in [0.3, 0.4) is 0 Å². The van der Waals surface area contributed by atoms with Crippen LogP contribution in [-0.2, 0) is 4.74 Å². The van der Waals surface area contributed by atoms with Gasteiger partial charge in [0.15, 0.2) is 5.82 Å². The number of benzene rings is 3. The van der Waals surface area contributed by atoms with Gasteiger partial charge in [-0.3, -0.25) is 4.79 Å². The molecule has 0 radical (unpaired) electrons. The highest BCUT2D eigenvalue weighted by Gasteiger charge is 2.16. The third kappa shape index (κ3) is 5.47. The van der Waals surface area contributed by atoms with Crippen molar-refractivity contribution in [2.75, 3.05) is 25.1 Å². The molecule has 0 fully saturated rings. The Bertz CT molecular complexity index is 1250. The van der Waals surface area contributed by atoms with E-state index in [-0.39, 0.29) is 17.7 Å². The summed E-state index contributed by atoms with van der Waals surface area (Å²) in [5, 5.41) is 7.36. The van der Waals surface area contributed by atoms with Crippen LogP contribution in [-0.4, -0.2) is 40.5 Å². The number of aryl methyl sites for hydroxylation is 1. The smallest absolute Gasteiger partial charge is 0.336 e. The molecular formula is C26H25FN4O3. The molecule has 0 atom stereocenters. The third-order valence-corrected chi connectivity index (χ3v) is 5.11. The number of halogens is 1. The highest BCUT2D eigenvalue weighted by Crippen LogP contribution is 2.27. The average molecular weight is 461 g/mol. The quantitative estimate of drug-likeness (QED) is 0.354. The highest BCUT2D eigenvalue weighted by molar-refractivity contribution is 6.04. The number of anilines is 1. The minimum Gasteiger partial charge on any atom is -0.460 e. The zero-order valence-electron chi connectivity index (χ0n) is 19.0. The van der Waals surface area contributed by atoms with Gasteiger partial charge in [-0.15, -0.1) is 5.10 Å². The number of aromatic nitrogens is 3. The van der Waals surface area contributed by atoms with E-state index in [4.69, 9.17) is 9.47 Å². The molecule has 1 aromatic heterocycles. The van der Waals surface area contributed by atoms with E-state index in [1.54, 1.807) is 16.8 Å². The van der Waals surface area contributed by atoms with Crippen LogP contribution in [0.5, 0.6) is 6.01 Å². The van der Waals surface area contributed by atoms with E-state index in [0.29, 0.717) is 36.9 Å². The molecule has 7 nitrogen and oxygen atoms in total. The van der Waals surface area contributed by atoms with E-state index in [1.807, 2.05) is 50.2 Å². The molecule has 4 aromatic rings. The summed E-state index contributed by atoms with van der Waals surface area (Å²) in [4.78, 5) is 17.0. The minimum absolute atomic E-state index is 0.256. The Kier molecular flexibility index (Phi) is 7.29. The van der Waals surface area contributed by atoms with Crippen LogP contribution >= 0.6 is 0 Å². The number of amides is 1. The predicted octanol–water partition coefficient (Wildman–Crippen LogP) is 5.05. The third-order valence-electron chi connectivity index (χ3n) is 5.11. The van der Waals surface area contributed by atoms with Gasteiger partial charge in [-0.1, -0.05) is 24.3 Å². The van der Waals surface area contributed by atoms with E-state index in [2.05, 4.69) is 15.4 Å². The second-order valence-corrected chi connectivity index (χ2v) is 7.50. The number of hydrogen-bond acceptors (Lipinski definition) is 5. The van der Waals surface area contributed by atoms with Gasteiger partial charge in [0, 0.05) is 23.4 Å². The molecule has 4 rings (SSSR count). The number of ether oxygens (including phenoxy) is 2. The molecule has 0 aliphatic carbocycles. The van der Waals surface area contributed by atoms with Crippen molar-refractivity contribution in [2.24, 2.45) is 0 Å². The van der Waals surface area contributed by atoms with Gasteiger partial charge in [-0.25, -0.2) is 9.07 Å². The van der Waals surface area contributed by atoms with Crippen molar-refractivity contribution in [3.8, 4) is 23.1 Å². The van der Waals surface area contributed by atoms with Crippen molar-refractivity contribution >= 4 is 11.6 Å². The van der Waals surface area contributed by atoms with Gasteiger partial charge in [-0.2, -0.15) is 4.98 Å². The Balaban J connectivity index is 1.58. The van der Waals surface area contributed by atoms with E-state index in [0.717, 1.165) is 16.8 Å². The van der Waals surface area contributed by atoms with Gasteiger partial charge < -0.3 is 14.8 Å². The summed E-state index contributed by atoms with van der Waals surface area (Å²) in [6.45, 7) is 5.35. The standard InChI is InChI=1S/C26H25FN4O3/c1-3-33-16-17-34-26-29-24(23-7-5-4-6-18(23)2)31(30-26)22-14-12-21(13-15-22)28-25(32)19-8-10-20(27)11-9-19/h4-15H,3,16-17H2,1-2H3,(H,28,32). The van der Waals surface area contributed by atoms with Gasteiger partial charge in [0.05, 0.1) is 12.3 Å². The summed E-state index contributed by atoms with van der Waals surface area (Å²) >= 11 is 0. The van der Waals surface area contributed by atoms with E-state index in [1.165, 1.54) is 24.3 Å². The number of nitrogens with one attached hydrogen (secondary N) is 1. The summed E-state index contributed by atoms with van der Waals surface area (Å²) < 4.78 is 25.8. The topological polar surface area (TPSA) is 78.3 Å². The summed E-state index contributed by atoms with van der Waals surface area (Å²) in [5.41, 5.74) is 3.72. The Morgan fingerprint density at radius 3 is 2.44 bits per heavy atom. The van der Waals surface area contributed by atoms with Crippen molar-refractivity contribution < 1.29 is 18.7 Å². The predicted molar refractivity (Wildman–Crippen MR) is 128 cm³/mol. The first kappa shape index (κ1) is 23.1. The fraction of sp³-hybridized carbons (Fsp3) is 0.192. The lowest BCUT2D eigenvalue weighted by molar-refractivity contribution is 0.102. The fourth-order valence-corrected chi connectivity index (χ4v) is 3.36. The Morgan fingerprint density at radius 2 is 1.74 bits per heavy atom. The zero-order chi connectivity index (χ0) is 23.9. The maximum Gasteiger partial charge on any atom is 0.336 e. The molecule has 0 aliphatic rings. The van der Waals surface area contributed by atoms with Gasteiger partial charge >= 0.3 is 6.01 Å². The summed E-state index contributed by atoms with van der Waals surface area (Å²) in [6, 6.07) is 20.8. The van der Waals surface area contributed by atoms with E-state index < -0.39 is 0 Å². The number of hydrogen-bond donors (Lipinski definition) is 1. The SMILES string of the molecule is CCOCCOc1nc(-c2ccccc2C)n(-c2ccc(NC(=O)c3ccc(F)cc3)cc2)n1. The van der Waals surface area contributed by atoms with Crippen LogP contribution in [0.4, 0.5) is 10.1 Å². The van der Waals surface area contributed by atoms with Crippen LogP contribution < -0.4 is 10.1 Å². The van der Waals surface area contributed by atoms with Gasteiger partial charge in [0.1, 0.15) is 12.4 Å². The van der Waals surface area contributed by atoms with Crippen LogP contribution in [0.15, 0.2) is 72.8 Å². The first-order valence-electron chi connectivity index (χ1n) is 11.0. The molecule has 1 N–H and O–H groups in total. The molecule has 0 saturated carbocycles. The molecule has 34 heavy (non-hydrogen) atoms. The fourth-order valence-electron chi connectivity index (χ4n) is 3.36. The second kappa shape index (κ2) is 10.7. The van der Waals surface area contributed by atoms with Crippen LogP contribution in [0.1, 0.15) is 22.8 Å². The van der Waals surface area contributed by atoms with Crippen LogP contribution in [0.25, 0.3) is 17.1 Å². The zero-order valence-corrected chi connectivity index (χ0v) is 19.0. The Hall–Kier alpha value is -4.04. The van der Waals surface area contributed by atoms with Crippen molar-refractivity contribution in [3.05, 3.63) is 89.7 Å². The Labute approximate surface area is 197 Å². The average Bonchev–Trinajstić information content (AvgIpc) is 3.27. The molecule has 0 bridgehead atoms.